The van der Waals surface area contributed by atoms with Crippen LogP contribution in [0.4, 0.5) is 0 Å². The second-order valence-electron chi connectivity index (χ2n) is 3.67. The smallest absolute Gasteiger partial charge is 0.263 e. The molecule has 19 heavy (non-hydrogen) atoms. The number of hydrogen-bond donors (Lipinski definition) is 2. The molecule has 2 N–H and O–H groups in total. The lowest BCUT2D eigenvalue weighted by atomic mass is 10.3. The molecule has 0 aliphatic carbocycles. The molecule has 0 saturated heterocycles. The SMILES string of the molecule is CCCNC(=O)/C(C#N)=C\NCC(OCC)OCC. The fourth-order valence-electron chi connectivity index (χ4n) is 1.28. The lowest BCUT2D eigenvalue weighted by molar-refractivity contribution is -0.131. The number of nitrogens with zero attached hydrogens (tertiary/aromatic N) is 1. The second-order valence-corrected chi connectivity index (χ2v) is 3.67. The maximum Gasteiger partial charge on any atom is 0.263 e. The number of carbonyl (C=O) groups excluding carboxylic acids is 1. The number of ether oxygens (including phenoxy) is 2. The van der Waals surface area contributed by atoms with Crippen LogP contribution in [0.3, 0.4) is 0 Å². The first-order valence-electron chi connectivity index (χ1n) is 6.54. The van der Waals surface area contributed by atoms with E-state index in [0.717, 1.165) is 6.42 Å². The Morgan fingerprint density at radius 1 is 1.32 bits per heavy atom. The van der Waals surface area contributed by atoms with Crippen molar-refractivity contribution in [3.63, 3.8) is 0 Å². The lowest BCUT2D eigenvalue weighted by Gasteiger charge is -2.16. The van der Waals surface area contributed by atoms with E-state index in [9.17, 15) is 4.79 Å². The molecular weight excluding hydrogens is 246 g/mol. The van der Waals surface area contributed by atoms with E-state index in [1.807, 2.05) is 26.8 Å². The zero-order valence-corrected chi connectivity index (χ0v) is 11.9. The molecule has 0 fully saturated rings. The van der Waals surface area contributed by atoms with Crippen molar-refractivity contribution in [2.45, 2.75) is 33.5 Å². The molecule has 108 valence electrons. The van der Waals surface area contributed by atoms with Gasteiger partial charge in [-0.1, -0.05) is 6.92 Å². The Kier molecular flexibility index (Phi) is 10.6. The average Bonchev–Trinajstić information content (AvgIpc) is 2.41. The van der Waals surface area contributed by atoms with Gasteiger partial charge in [0.05, 0.1) is 6.54 Å². The summed E-state index contributed by atoms with van der Waals surface area (Å²) in [5, 5.41) is 14.4. The second kappa shape index (κ2) is 11.5. The monoisotopic (exact) mass is 269 g/mol. The maximum absolute atomic E-state index is 11.6. The summed E-state index contributed by atoms with van der Waals surface area (Å²) in [6.07, 6.45) is 1.83. The van der Waals surface area contributed by atoms with E-state index < -0.39 is 0 Å². The first-order valence-corrected chi connectivity index (χ1v) is 6.54. The van der Waals surface area contributed by atoms with Gasteiger partial charge in [0, 0.05) is 26.0 Å². The van der Waals surface area contributed by atoms with E-state index in [4.69, 9.17) is 14.7 Å². The normalized spacial score (nSPS) is 11.2. The summed E-state index contributed by atoms with van der Waals surface area (Å²) in [5.74, 6) is -0.374. The van der Waals surface area contributed by atoms with Crippen LogP contribution in [0.2, 0.25) is 0 Å². The van der Waals surface area contributed by atoms with Gasteiger partial charge in [0.2, 0.25) is 0 Å². The third-order valence-corrected chi connectivity index (χ3v) is 2.14. The van der Waals surface area contributed by atoms with E-state index in [-0.39, 0.29) is 17.8 Å². The first kappa shape index (κ1) is 17.4. The predicted octanol–water partition coefficient (Wildman–Crippen LogP) is 0.909. The summed E-state index contributed by atoms with van der Waals surface area (Å²) in [7, 11) is 0. The van der Waals surface area contributed by atoms with Crippen LogP contribution in [0.5, 0.6) is 0 Å². The van der Waals surface area contributed by atoms with Crippen LogP contribution in [0.25, 0.3) is 0 Å². The summed E-state index contributed by atoms with van der Waals surface area (Å²) in [6, 6.07) is 1.85. The van der Waals surface area contributed by atoms with Crippen molar-refractivity contribution < 1.29 is 14.3 Å². The molecule has 1 amide bonds. The fraction of sp³-hybridized carbons (Fsp3) is 0.692. The molecule has 0 rings (SSSR count). The summed E-state index contributed by atoms with van der Waals surface area (Å²) in [6.45, 7) is 7.72. The third-order valence-electron chi connectivity index (χ3n) is 2.14. The third kappa shape index (κ3) is 8.19. The molecule has 0 spiro atoms. The van der Waals surface area contributed by atoms with E-state index in [1.165, 1.54) is 6.20 Å². The molecule has 6 nitrogen and oxygen atoms in total. The maximum atomic E-state index is 11.6. The molecule has 0 aromatic rings. The van der Waals surface area contributed by atoms with Crippen molar-refractivity contribution in [1.82, 2.24) is 10.6 Å². The number of amides is 1. The van der Waals surface area contributed by atoms with Crippen molar-refractivity contribution in [3.8, 4) is 6.07 Å². The van der Waals surface area contributed by atoms with Crippen molar-refractivity contribution in [3.05, 3.63) is 11.8 Å². The van der Waals surface area contributed by atoms with Gasteiger partial charge in [-0.05, 0) is 20.3 Å². The van der Waals surface area contributed by atoms with Gasteiger partial charge in [-0.25, -0.2) is 0 Å². The Morgan fingerprint density at radius 3 is 2.42 bits per heavy atom. The molecule has 6 heteroatoms. The zero-order chi connectivity index (χ0) is 14.5. The van der Waals surface area contributed by atoms with E-state index in [2.05, 4.69) is 10.6 Å². The zero-order valence-electron chi connectivity index (χ0n) is 11.9. The van der Waals surface area contributed by atoms with Crippen LogP contribution in [0, 0.1) is 11.3 Å². The highest BCUT2D eigenvalue weighted by Crippen LogP contribution is 1.95. The molecule has 0 saturated carbocycles. The van der Waals surface area contributed by atoms with Gasteiger partial charge in [-0.3, -0.25) is 4.79 Å². The number of nitrogens with one attached hydrogen (secondary N) is 2. The lowest BCUT2D eigenvalue weighted by Crippen LogP contribution is -2.31. The minimum absolute atomic E-state index is 0.0418. The van der Waals surface area contributed by atoms with Crippen LogP contribution in [0.15, 0.2) is 11.8 Å². The van der Waals surface area contributed by atoms with Crippen molar-refractivity contribution >= 4 is 5.91 Å². The fourth-order valence-corrected chi connectivity index (χ4v) is 1.28. The van der Waals surface area contributed by atoms with Gasteiger partial charge < -0.3 is 20.1 Å². The van der Waals surface area contributed by atoms with Crippen LogP contribution < -0.4 is 10.6 Å². The molecule has 0 atom stereocenters. The molecule has 0 aliphatic heterocycles. The van der Waals surface area contributed by atoms with Gasteiger partial charge in [-0.2, -0.15) is 5.26 Å². The molecular formula is C13H23N3O3. The molecule has 0 bridgehead atoms. The Morgan fingerprint density at radius 2 is 1.95 bits per heavy atom. The first-order chi connectivity index (χ1) is 9.19. The molecule has 0 aromatic heterocycles. The predicted molar refractivity (Wildman–Crippen MR) is 72.0 cm³/mol. The number of hydrogen-bond acceptors (Lipinski definition) is 5. The Bertz CT molecular complexity index is 318. The highest BCUT2D eigenvalue weighted by Gasteiger charge is 2.09. The largest absolute Gasteiger partial charge is 0.385 e. The molecule has 0 aromatic carbocycles. The van der Waals surface area contributed by atoms with Crippen LogP contribution in [0.1, 0.15) is 27.2 Å². The summed E-state index contributed by atoms with van der Waals surface area (Å²) in [5.41, 5.74) is 0.0418. The molecule has 0 heterocycles. The minimum Gasteiger partial charge on any atom is -0.385 e. The molecule has 0 aliphatic rings. The number of carbonyl (C=O) groups is 1. The van der Waals surface area contributed by atoms with Crippen LogP contribution in [-0.2, 0) is 14.3 Å². The molecule has 0 radical (unpaired) electrons. The Hall–Kier alpha value is -1.58. The van der Waals surface area contributed by atoms with E-state index in [1.54, 1.807) is 0 Å². The quantitative estimate of drug-likeness (QED) is 0.350. The highest BCUT2D eigenvalue weighted by molar-refractivity contribution is 5.97. The van der Waals surface area contributed by atoms with Crippen LogP contribution >= 0.6 is 0 Å². The molecule has 0 unspecified atom stereocenters. The van der Waals surface area contributed by atoms with Gasteiger partial charge in [0.1, 0.15) is 11.6 Å². The van der Waals surface area contributed by atoms with Crippen molar-refractivity contribution in [1.29, 1.82) is 5.26 Å². The van der Waals surface area contributed by atoms with Crippen molar-refractivity contribution in [2.24, 2.45) is 0 Å². The van der Waals surface area contributed by atoms with Gasteiger partial charge in [0.15, 0.2) is 6.29 Å². The summed E-state index contributed by atoms with van der Waals surface area (Å²) in [4.78, 5) is 11.6. The van der Waals surface area contributed by atoms with E-state index in [0.29, 0.717) is 26.3 Å². The standard InChI is InChI=1S/C13H23N3O3/c1-4-7-16-13(17)11(8-14)9-15-10-12(18-5-2)19-6-3/h9,12,15H,4-7,10H2,1-3H3,(H,16,17)/b11-9-. The highest BCUT2D eigenvalue weighted by atomic mass is 16.7. The number of nitriles is 1. The summed E-state index contributed by atoms with van der Waals surface area (Å²) < 4.78 is 10.7. The van der Waals surface area contributed by atoms with Gasteiger partial charge in [-0.15, -0.1) is 0 Å². The Balaban J connectivity index is 4.25. The van der Waals surface area contributed by atoms with E-state index >= 15 is 0 Å². The number of rotatable bonds is 10. The van der Waals surface area contributed by atoms with Crippen LogP contribution in [-0.4, -0.2) is 38.5 Å². The topological polar surface area (TPSA) is 83.4 Å². The van der Waals surface area contributed by atoms with Crippen molar-refractivity contribution in [2.75, 3.05) is 26.3 Å². The van der Waals surface area contributed by atoms with Gasteiger partial charge in [0.25, 0.3) is 5.91 Å². The Labute approximate surface area is 114 Å². The minimum atomic E-state index is -0.384. The average molecular weight is 269 g/mol. The van der Waals surface area contributed by atoms with Gasteiger partial charge >= 0.3 is 0 Å². The summed E-state index contributed by atoms with van der Waals surface area (Å²) >= 11 is 0.